The molecule has 0 aliphatic heterocycles. The summed E-state index contributed by atoms with van der Waals surface area (Å²) in [6.45, 7) is 0.211. The lowest BCUT2D eigenvalue weighted by Crippen LogP contribution is -2.39. The van der Waals surface area contributed by atoms with Gasteiger partial charge < -0.3 is 10.4 Å². The summed E-state index contributed by atoms with van der Waals surface area (Å²) in [5, 5.41) is 18.7. The monoisotopic (exact) mass is 286 g/mol. The van der Waals surface area contributed by atoms with Gasteiger partial charge in [-0.15, -0.1) is 5.10 Å². The largest absolute Gasteiger partial charge is 0.396 e. The molecule has 19 heavy (non-hydrogen) atoms. The number of H-pyrrole nitrogens is 1. The van der Waals surface area contributed by atoms with Crippen molar-refractivity contribution in [3.63, 3.8) is 0 Å². The SMILES string of the molecule is O=C(CCc1nc(Cl)n[nH]1)N[C@@H]1CCC[C@@H](CO)C1. The highest BCUT2D eigenvalue weighted by molar-refractivity contribution is 6.28. The van der Waals surface area contributed by atoms with Gasteiger partial charge in [0, 0.05) is 25.5 Å². The smallest absolute Gasteiger partial charge is 0.242 e. The van der Waals surface area contributed by atoms with Crippen molar-refractivity contribution in [1.82, 2.24) is 20.5 Å². The van der Waals surface area contributed by atoms with Crippen molar-refractivity contribution in [2.75, 3.05) is 6.61 Å². The summed E-state index contributed by atoms with van der Waals surface area (Å²) in [4.78, 5) is 15.8. The molecule has 1 saturated carbocycles. The first-order valence-corrected chi connectivity index (χ1v) is 7.02. The Balaban J connectivity index is 1.72. The number of aliphatic hydroxyl groups is 1. The summed E-state index contributed by atoms with van der Waals surface area (Å²) in [7, 11) is 0. The molecule has 7 heteroatoms. The number of aryl methyl sites for hydroxylation is 1. The lowest BCUT2D eigenvalue weighted by Gasteiger charge is -2.28. The standard InChI is InChI=1S/C12H19ClN4O2/c13-12-15-10(16-17-12)4-5-11(19)14-9-3-1-2-8(6-9)7-18/h8-9,18H,1-7H2,(H,14,19)(H,15,16,17)/t8-,9-/m1/s1. The number of amides is 1. The molecule has 6 nitrogen and oxygen atoms in total. The van der Waals surface area contributed by atoms with Crippen LogP contribution in [0.4, 0.5) is 0 Å². The molecular formula is C12H19ClN4O2. The number of nitrogens with zero attached hydrogens (tertiary/aromatic N) is 2. The molecule has 0 radical (unpaired) electrons. The van der Waals surface area contributed by atoms with Crippen molar-refractivity contribution in [3.8, 4) is 0 Å². The van der Waals surface area contributed by atoms with E-state index in [1.54, 1.807) is 0 Å². The van der Waals surface area contributed by atoms with E-state index in [9.17, 15) is 4.79 Å². The fourth-order valence-electron chi connectivity index (χ4n) is 2.50. The van der Waals surface area contributed by atoms with E-state index in [4.69, 9.17) is 16.7 Å². The number of nitrogens with one attached hydrogen (secondary N) is 2. The molecule has 1 aliphatic carbocycles. The predicted octanol–water partition coefficient (Wildman–Crippen LogP) is 1.06. The molecule has 1 aromatic rings. The van der Waals surface area contributed by atoms with Crippen LogP contribution in [-0.4, -0.2) is 38.8 Å². The minimum absolute atomic E-state index is 0.0103. The molecule has 0 saturated heterocycles. The first kappa shape index (κ1) is 14.3. The maximum Gasteiger partial charge on any atom is 0.242 e. The number of hydrogen-bond donors (Lipinski definition) is 3. The van der Waals surface area contributed by atoms with Crippen LogP contribution in [0, 0.1) is 5.92 Å². The van der Waals surface area contributed by atoms with E-state index in [1.165, 1.54) is 0 Å². The molecule has 2 atom stereocenters. The average molecular weight is 287 g/mol. The molecule has 3 N–H and O–H groups in total. The second-order valence-electron chi connectivity index (χ2n) is 5.03. The van der Waals surface area contributed by atoms with Crippen LogP contribution in [0.5, 0.6) is 0 Å². The van der Waals surface area contributed by atoms with Gasteiger partial charge >= 0.3 is 0 Å². The Hall–Kier alpha value is -1.14. The molecule has 1 amide bonds. The molecule has 0 unspecified atom stereocenters. The highest BCUT2D eigenvalue weighted by Crippen LogP contribution is 2.23. The molecule has 106 valence electrons. The third kappa shape index (κ3) is 4.47. The summed E-state index contributed by atoms with van der Waals surface area (Å²) < 4.78 is 0. The van der Waals surface area contributed by atoms with Crippen molar-refractivity contribution in [3.05, 3.63) is 11.1 Å². The van der Waals surface area contributed by atoms with Gasteiger partial charge in [-0.2, -0.15) is 0 Å². The van der Waals surface area contributed by atoms with Crippen molar-refractivity contribution >= 4 is 17.5 Å². The minimum Gasteiger partial charge on any atom is -0.396 e. The Labute approximate surface area is 117 Å². The quantitative estimate of drug-likeness (QED) is 0.755. The van der Waals surface area contributed by atoms with Gasteiger partial charge in [0.15, 0.2) is 0 Å². The van der Waals surface area contributed by atoms with E-state index in [0.717, 1.165) is 25.7 Å². The van der Waals surface area contributed by atoms with Crippen LogP contribution in [0.25, 0.3) is 0 Å². The third-order valence-electron chi connectivity index (χ3n) is 3.50. The van der Waals surface area contributed by atoms with Gasteiger partial charge in [-0.3, -0.25) is 9.89 Å². The van der Waals surface area contributed by atoms with Crippen molar-refractivity contribution in [2.45, 2.75) is 44.6 Å². The number of carbonyl (C=O) groups is 1. The van der Waals surface area contributed by atoms with Gasteiger partial charge in [-0.05, 0) is 36.8 Å². The van der Waals surface area contributed by atoms with E-state index in [1.807, 2.05) is 0 Å². The summed E-state index contributed by atoms with van der Waals surface area (Å²) in [5.74, 6) is 0.959. The zero-order valence-electron chi connectivity index (χ0n) is 10.7. The van der Waals surface area contributed by atoms with Crippen LogP contribution in [0.15, 0.2) is 0 Å². The van der Waals surface area contributed by atoms with E-state index in [2.05, 4.69) is 20.5 Å². The lowest BCUT2D eigenvalue weighted by molar-refractivity contribution is -0.122. The van der Waals surface area contributed by atoms with Gasteiger partial charge in [0.05, 0.1) is 0 Å². The zero-order chi connectivity index (χ0) is 13.7. The minimum atomic E-state index is 0.0103. The van der Waals surface area contributed by atoms with Crippen LogP contribution in [0.1, 0.15) is 37.9 Å². The number of aromatic amines is 1. The van der Waals surface area contributed by atoms with E-state index < -0.39 is 0 Å². The van der Waals surface area contributed by atoms with Crippen molar-refractivity contribution < 1.29 is 9.90 Å². The number of hydrogen-bond acceptors (Lipinski definition) is 4. The maximum absolute atomic E-state index is 11.8. The predicted molar refractivity (Wildman–Crippen MR) is 70.7 cm³/mol. The van der Waals surface area contributed by atoms with Crippen LogP contribution in [0.2, 0.25) is 5.28 Å². The third-order valence-corrected chi connectivity index (χ3v) is 3.67. The fraction of sp³-hybridized carbons (Fsp3) is 0.750. The maximum atomic E-state index is 11.8. The van der Waals surface area contributed by atoms with Gasteiger partial charge in [-0.25, -0.2) is 4.98 Å². The number of aromatic nitrogens is 3. The molecule has 0 aromatic carbocycles. The second-order valence-corrected chi connectivity index (χ2v) is 5.37. The number of rotatable bonds is 5. The number of aliphatic hydroxyl groups excluding tert-OH is 1. The van der Waals surface area contributed by atoms with Crippen LogP contribution in [-0.2, 0) is 11.2 Å². The Morgan fingerprint density at radius 1 is 1.53 bits per heavy atom. The normalized spacial score (nSPS) is 23.3. The Morgan fingerprint density at radius 3 is 3.05 bits per heavy atom. The first-order chi connectivity index (χ1) is 9.17. The number of halogens is 1. The van der Waals surface area contributed by atoms with Gasteiger partial charge in [0.1, 0.15) is 5.82 Å². The highest BCUT2D eigenvalue weighted by Gasteiger charge is 2.22. The summed E-state index contributed by atoms with van der Waals surface area (Å²) in [5.41, 5.74) is 0. The molecule has 1 heterocycles. The Kier molecular flexibility index (Phi) is 5.15. The topological polar surface area (TPSA) is 90.9 Å². The molecule has 1 fully saturated rings. The number of carbonyl (C=O) groups excluding carboxylic acids is 1. The molecule has 2 rings (SSSR count). The van der Waals surface area contributed by atoms with E-state index in [-0.39, 0.29) is 23.8 Å². The van der Waals surface area contributed by atoms with Gasteiger partial charge in [0.2, 0.25) is 11.2 Å². The summed E-state index contributed by atoms with van der Waals surface area (Å²) in [6, 6.07) is 0.191. The average Bonchev–Trinajstić information content (AvgIpc) is 2.82. The van der Waals surface area contributed by atoms with Gasteiger partial charge in [0.25, 0.3) is 0 Å². The molecule has 0 spiro atoms. The highest BCUT2D eigenvalue weighted by atomic mass is 35.5. The molecule has 1 aromatic heterocycles. The van der Waals surface area contributed by atoms with Crippen molar-refractivity contribution in [2.24, 2.45) is 5.92 Å². The molecule has 0 bridgehead atoms. The van der Waals surface area contributed by atoms with Crippen molar-refractivity contribution in [1.29, 1.82) is 0 Å². The second kappa shape index (κ2) is 6.86. The van der Waals surface area contributed by atoms with E-state index >= 15 is 0 Å². The van der Waals surface area contributed by atoms with Gasteiger partial charge in [-0.1, -0.05) is 6.42 Å². The first-order valence-electron chi connectivity index (χ1n) is 6.64. The summed E-state index contributed by atoms with van der Waals surface area (Å²) >= 11 is 5.59. The Morgan fingerprint density at radius 2 is 2.37 bits per heavy atom. The fourth-order valence-corrected chi connectivity index (χ4v) is 2.65. The lowest BCUT2D eigenvalue weighted by atomic mass is 9.86. The molecular weight excluding hydrogens is 268 g/mol. The van der Waals surface area contributed by atoms with Crippen LogP contribution >= 0.6 is 11.6 Å². The van der Waals surface area contributed by atoms with Crippen LogP contribution in [0.3, 0.4) is 0 Å². The van der Waals surface area contributed by atoms with Crippen LogP contribution < -0.4 is 5.32 Å². The summed E-state index contributed by atoms with van der Waals surface area (Å²) in [6.07, 6.45) is 4.85. The zero-order valence-corrected chi connectivity index (χ0v) is 11.5. The Bertz CT molecular complexity index is 424. The molecule has 1 aliphatic rings. The van der Waals surface area contributed by atoms with E-state index in [0.29, 0.717) is 24.6 Å².